The van der Waals surface area contributed by atoms with Gasteiger partial charge in [-0.25, -0.2) is 0 Å². The molecule has 0 aliphatic heterocycles. The fourth-order valence-electron chi connectivity index (χ4n) is 2.37. The van der Waals surface area contributed by atoms with Crippen LogP contribution in [0, 0.1) is 5.92 Å². The van der Waals surface area contributed by atoms with Crippen LogP contribution in [0.1, 0.15) is 58.8 Å². The first-order chi connectivity index (χ1) is 7.63. The highest BCUT2D eigenvalue weighted by molar-refractivity contribution is 7.85. The van der Waals surface area contributed by atoms with Crippen LogP contribution < -0.4 is 0 Å². The first-order valence-electron chi connectivity index (χ1n) is 6.52. The van der Waals surface area contributed by atoms with Gasteiger partial charge in [0.1, 0.15) is 5.78 Å². The van der Waals surface area contributed by atoms with E-state index in [-0.39, 0.29) is 0 Å². The van der Waals surface area contributed by atoms with Gasteiger partial charge in [-0.15, -0.1) is 0 Å². The average Bonchev–Trinajstić information content (AvgIpc) is 2.28. The standard InChI is InChI=1S/C13H24O2S/c1-3-12(14)7-5-9-16(15)13-8-4-6-11(2)10-13/h11,13H,3-10H2,1-2H3. The quantitative estimate of drug-likeness (QED) is 0.719. The molecule has 0 bridgehead atoms. The maximum Gasteiger partial charge on any atom is 0.132 e. The lowest BCUT2D eigenvalue weighted by molar-refractivity contribution is -0.118. The van der Waals surface area contributed by atoms with Gasteiger partial charge < -0.3 is 0 Å². The molecule has 1 saturated carbocycles. The lowest BCUT2D eigenvalue weighted by atomic mass is 9.91. The Morgan fingerprint density at radius 2 is 2.12 bits per heavy atom. The number of ketones is 1. The fraction of sp³-hybridized carbons (Fsp3) is 0.923. The van der Waals surface area contributed by atoms with Crippen LogP contribution in [0.3, 0.4) is 0 Å². The molecular weight excluding hydrogens is 220 g/mol. The average molecular weight is 244 g/mol. The van der Waals surface area contributed by atoms with E-state index in [2.05, 4.69) is 6.92 Å². The van der Waals surface area contributed by atoms with Crippen molar-refractivity contribution in [2.24, 2.45) is 5.92 Å². The van der Waals surface area contributed by atoms with E-state index in [1.807, 2.05) is 6.92 Å². The largest absolute Gasteiger partial charge is 0.300 e. The molecule has 0 heterocycles. The second-order valence-corrected chi connectivity index (χ2v) is 6.81. The van der Waals surface area contributed by atoms with E-state index in [1.54, 1.807) is 0 Å². The summed E-state index contributed by atoms with van der Waals surface area (Å²) in [7, 11) is -0.698. The van der Waals surface area contributed by atoms with Crippen LogP contribution in [0.4, 0.5) is 0 Å². The van der Waals surface area contributed by atoms with Gasteiger partial charge in [-0.1, -0.05) is 26.7 Å². The maximum atomic E-state index is 12.0. The predicted molar refractivity (Wildman–Crippen MR) is 69.0 cm³/mol. The van der Waals surface area contributed by atoms with Gasteiger partial charge in [-0.3, -0.25) is 9.00 Å². The summed E-state index contributed by atoms with van der Waals surface area (Å²) in [4.78, 5) is 11.1. The van der Waals surface area contributed by atoms with Crippen molar-refractivity contribution >= 4 is 16.6 Å². The first kappa shape index (κ1) is 13.9. The van der Waals surface area contributed by atoms with Crippen molar-refractivity contribution in [2.45, 2.75) is 64.0 Å². The topological polar surface area (TPSA) is 34.1 Å². The van der Waals surface area contributed by atoms with Crippen molar-refractivity contribution in [3.8, 4) is 0 Å². The van der Waals surface area contributed by atoms with Crippen LogP contribution in [0.2, 0.25) is 0 Å². The van der Waals surface area contributed by atoms with E-state index < -0.39 is 10.8 Å². The molecule has 0 aromatic carbocycles. The van der Waals surface area contributed by atoms with Crippen molar-refractivity contribution < 1.29 is 9.00 Å². The van der Waals surface area contributed by atoms with Crippen LogP contribution in [-0.4, -0.2) is 21.0 Å². The maximum absolute atomic E-state index is 12.0. The number of hydrogen-bond donors (Lipinski definition) is 0. The predicted octanol–water partition coefficient (Wildman–Crippen LogP) is 3.07. The zero-order valence-corrected chi connectivity index (χ0v) is 11.4. The van der Waals surface area contributed by atoms with Crippen molar-refractivity contribution in [1.29, 1.82) is 0 Å². The third kappa shape index (κ3) is 4.77. The number of carbonyl (C=O) groups excluding carboxylic acids is 1. The van der Waals surface area contributed by atoms with E-state index in [0.717, 1.165) is 30.9 Å². The zero-order valence-electron chi connectivity index (χ0n) is 10.5. The van der Waals surface area contributed by atoms with E-state index in [1.165, 1.54) is 12.8 Å². The summed E-state index contributed by atoms with van der Waals surface area (Å²) in [5.41, 5.74) is 0. The molecule has 0 radical (unpaired) electrons. The van der Waals surface area contributed by atoms with E-state index in [9.17, 15) is 9.00 Å². The van der Waals surface area contributed by atoms with Gasteiger partial charge in [0.15, 0.2) is 0 Å². The molecule has 1 aliphatic rings. The van der Waals surface area contributed by atoms with Gasteiger partial charge >= 0.3 is 0 Å². The van der Waals surface area contributed by atoms with Crippen LogP contribution >= 0.6 is 0 Å². The summed E-state index contributed by atoms with van der Waals surface area (Å²) in [6, 6.07) is 0. The van der Waals surface area contributed by atoms with Gasteiger partial charge in [0.25, 0.3) is 0 Å². The molecule has 0 N–H and O–H groups in total. The summed E-state index contributed by atoms with van der Waals surface area (Å²) < 4.78 is 12.0. The highest BCUT2D eigenvalue weighted by Crippen LogP contribution is 2.27. The highest BCUT2D eigenvalue weighted by atomic mass is 32.2. The SMILES string of the molecule is CCC(=O)CCCS(=O)C1CCCC(C)C1. The molecule has 94 valence electrons. The normalized spacial score (nSPS) is 27.6. The summed E-state index contributed by atoms with van der Waals surface area (Å²) >= 11 is 0. The molecule has 0 aromatic heterocycles. The minimum atomic E-state index is -0.698. The summed E-state index contributed by atoms with van der Waals surface area (Å²) in [5, 5.41) is 0.403. The molecule has 0 amide bonds. The molecule has 16 heavy (non-hydrogen) atoms. The molecular formula is C13H24O2S. The monoisotopic (exact) mass is 244 g/mol. The minimum Gasteiger partial charge on any atom is -0.300 e. The van der Waals surface area contributed by atoms with Gasteiger partial charge in [0.2, 0.25) is 0 Å². The van der Waals surface area contributed by atoms with Gasteiger partial charge in [0, 0.05) is 34.6 Å². The molecule has 2 nitrogen and oxygen atoms in total. The van der Waals surface area contributed by atoms with Crippen LogP contribution in [0.5, 0.6) is 0 Å². The smallest absolute Gasteiger partial charge is 0.132 e. The third-order valence-corrected chi connectivity index (χ3v) is 5.32. The Bertz CT molecular complexity index is 250. The summed E-state index contributed by atoms with van der Waals surface area (Å²) in [6.07, 6.45) is 6.81. The number of hydrogen-bond acceptors (Lipinski definition) is 2. The number of Topliss-reactive ketones (excluding diaryl/α,β-unsaturated/α-hetero) is 1. The van der Waals surface area contributed by atoms with Crippen molar-refractivity contribution in [2.75, 3.05) is 5.75 Å². The molecule has 1 aliphatic carbocycles. The molecule has 0 saturated heterocycles. The van der Waals surface area contributed by atoms with Crippen molar-refractivity contribution in [1.82, 2.24) is 0 Å². The molecule has 3 atom stereocenters. The van der Waals surface area contributed by atoms with Crippen molar-refractivity contribution in [3.63, 3.8) is 0 Å². The van der Waals surface area contributed by atoms with Crippen LogP contribution in [0.25, 0.3) is 0 Å². The van der Waals surface area contributed by atoms with E-state index in [4.69, 9.17) is 0 Å². The van der Waals surface area contributed by atoms with Crippen molar-refractivity contribution in [3.05, 3.63) is 0 Å². The lowest BCUT2D eigenvalue weighted by Crippen LogP contribution is -2.24. The third-order valence-electron chi connectivity index (χ3n) is 3.46. The minimum absolute atomic E-state index is 0.300. The molecule has 0 aromatic rings. The molecule has 0 spiro atoms. The second-order valence-electron chi connectivity index (χ2n) is 4.97. The summed E-state index contributed by atoms with van der Waals surface area (Å²) in [6.45, 7) is 4.14. The van der Waals surface area contributed by atoms with Gasteiger partial charge in [-0.2, -0.15) is 0 Å². The van der Waals surface area contributed by atoms with Gasteiger partial charge in [-0.05, 0) is 25.2 Å². The van der Waals surface area contributed by atoms with E-state index >= 15 is 0 Å². The zero-order chi connectivity index (χ0) is 12.0. The van der Waals surface area contributed by atoms with Gasteiger partial charge in [0.05, 0.1) is 0 Å². The highest BCUT2D eigenvalue weighted by Gasteiger charge is 2.23. The first-order valence-corrected chi connectivity index (χ1v) is 7.90. The Kier molecular flexibility index (Phi) is 6.25. The lowest BCUT2D eigenvalue weighted by Gasteiger charge is -2.25. The molecule has 3 unspecified atom stereocenters. The second kappa shape index (κ2) is 7.21. The molecule has 1 fully saturated rings. The molecule has 1 rings (SSSR count). The van der Waals surface area contributed by atoms with Crippen LogP contribution in [0.15, 0.2) is 0 Å². The fourth-order valence-corrected chi connectivity index (χ4v) is 4.11. The Morgan fingerprint density at radius 3 is 2.75 bits per heavy atom. The number of rotatable bonds is 6. The Hall–Kier alpha value is -0.180. The number of carbonyl (C=O) groups is 1. The summed E-state index contributed by atoms with van der Waals surface area (Å²) in [5.74, 6) is 1.76. The Labute approximate surface area is 102 Å². The Morgan fingerprint density at radius 1 is 1.38 bits per heavy atom. The molecule has 3 heteroatoms. The van der Waals surface area contributed by atoms with Crippen LogP contribution in [-0.2, 0) is 15.6 Å². The van der Waals surface area contributed by atoms with E-state index in [0.29, 0.717) is 23.9 Å². The Balaban J connectivity index is 2.21.